The molecule has 1 heterocycles. The van der Waals surface area contributed by atoms with Crippen molar-refractivity contribution in [2.24, 2.45) is 0 Å². The molecular weight excluding hydrogens is 232 g/mol. The number of para-hydroxylation sites is 1. The zero-order valence-electron chi connectivity index (χ0n) is 10.2. The number of hydrogen-bond donors (Lipinski definition) is 1. The highest BCUT2D eigenvalue weighted by atomic mass is 32.1. The predicted octanol–water partition coefficient (Wildman–Crippen LogP) is 2.77. The van der Waals surface area contributed by atoms with Crippen LogP contribution in [0.3, 0.4) is 0 Å². The normalized spacial score (nSPS) is 12.4. The first-order valence-corrected chi connectivity index (χ1v) is 6.36. The number of methoxy groups -OCH3 is 1. The lowest BCUT2D eigenvalue weighted by molar-refractivity contribution is 0.405. The Hall–Kier alpha value is -1.39. The average molecular weight is 248 g/mol. The van der Waals surface area contributed by atoms with E-state index in [0.717, 1.165) is 22.0 Å². The molecule has 0 aliphatic heterocycles. The van der Waals surface area contributed by atoms with Gasteiger partial charge in [0.15, 0.2) is 0 Å². The second kappa shape index (κ2) is 5.29. The first-order chi connectivity index (χ1) is 8.26. The highest BCUT2D eigenvalue weighted by molar-refractivity contribution is 7.09. The average Bonchev–Trinajstić information content (AvgIpc) is 2.77. The lowest BCUT2D eigenvalue weighted by atomic mass is 10.1. The van der Waals surface area contributed by atoms with Crippen molar-refractivity contribution in [3.63, 3.8) is 0 Å². The fourth-order valence-corrected chi connectivity index (χ4v) is 2.74. The van der Waals surface area contributed by atoms with Gasteiger partial charge in [0.05, 0.1) is 13.2 Å². The van der Waals surface area contributed by atoms with Gasteiger partial charge in [-0.05, 0) is 20.0 Å². The molecule has 0 saturated carbocycles. The van der Waals surface area contributed by atoms with E-state index in [1.165, 1.54) is 0 Å². The minimum atomic E-state index is 0.0878. The molecule has 1 aromatic heterocycles. The molecule has 3 nitrogen and oxygen atoms in total. The molecule has 0 bridgehead atoms. The molecular formula is C13H16N2OS. The van der Waals surface area contributed by atoms with Crippen LogP contribution in [-0.2, 0) is 0 Å². The molecule has 2 aromatic rings. The predicted molar refractivity (Wildman–Crippen MR) is 70.7 cm³/mol. The number of aryl methyl sites for hydroxylation is 1. The highest BCUT2D eigenvalue weighted by Crippen LogP contribution is 2.30. The van der Waals surface area contributed by atoms with Crippen LogP contribution in [0.1, 0.15) is 22.3 Å². The summed E-state index contributed by atoms with van der Waals surface area (Å²) in [7, 11) is 3.63. The molecule has 1 unspecified atom stereocenters. The van der Waals surface area contributed by atoms with E-state index >= 15 is 0 Å². The molecule has 2 rings (SSSR count). The maximum absolute atomic E-state index is 5.39. The molecule has 17 heavy (non-hydrogen) atoms. The fraction of sp³-hybridized carbons (Fsp3) is 0.308. The van der Waals surface area contributed by atoms with Crippen LogP contribution in [0, 0.1) is 6.92 Å². The standard InChI is InChI=1S/C13H16N2OS/c1-9-8-17-13(15-9)12(14-2)10-6-4-5-7-11(10)16-3/h4-8,12,14H,1-3H3. The molecule has 0 spiro atoms. The molecule has 1 N–H and O–H groups in total. The zero-order valence-corrected chi connectivity index (χ0v) is 11.0. The van der Waals surface area contributed by atoms with Gasteiger partial charge in [0.25, 0.3) is 0 Å². The monoisotopic (exact) mass is 248 g/mol. The minimum absolute atomic E-state index is 0.0878. The lowest BCUT2D eigenvalue weighted by Crippen LogP contribution is -2.18. The Morgan fingerprint density at radius 1 is 1.35 bits per heavy atom. The molecule has 1 atom stereocenters. The summed E-state index contributed by atoms with van der Waals surface area (Å²) in [6.45, 7) is 2.01. The summed E-state index contributed by atoms with van der Waals surface area (Å²) in [4.78, 5) is 4.53. The number of thiazole rings is 1. The number of nitrogens with one attached hydrogen (secondary N) is 1. The van der Waals surface area contributed by atoms with Gasteiger partial charge < -0.3 is 10.1 Å². The van der Waals surface area contributed by atoms with E-state index in [2.05, 4.69) is 21.7 Å². The van der Waals surface area contributed by atoms with Gasteiger partial charge in [-0.2, -0.15) is 0 Å². The van der Waals surface area contributed by atoms with Crippen LogP contribution in [0.4, 0.5) is 0 Å². The van der Waals surface area contributed by atoms with E-state index in [0.29, 0.717) is 0 Å². The summed E-state index contributed by atoms with van der Waals surface area (Å²) in [5, 5.41) is 6.42. The van der Waals surface area contributed by atoms with Crippen molar-refractivity contribution in [1.29, 1.82) is 0 Å². The van der Waals surface area contributed by atoms with E-state index in [1.807, 2.05) is 32.2 Å². The summed E-state index contributed by atoms with van der Waals surface area (Å²) >= 11 is 1.67. The topological polar surface area (TPSA) is 34.2 Å². The van der Waals surface area contributed by atoms with E-state index in [-0.39, 0.29) is 6.04 Å². The highest BCUT2D eigenvalue weighted by Gasteiger charge is 2.18. The number of benzene rings is 1. The molecule has 0 aliphatic rings. The Kier molecular flexibility index (Phi) is 3.76. The van der Waals surface area contributed by atoms with Gasteiger partial charge in [-0.1, -0.05) is 18.2 Å². The van der Waals surface area contributed by atoms with Gasteiger partial charge in [-0.25, -0.2) is 4.98 Å². The van der Waals surface area contributed by atoms with Crippen LogP contribution in [0.15, 0.2) is 29.6 Å². The van der Waals surface area contributed by atoms with Crippen LogP contribution >= 0.6 is 11.3 Å². The molecule has 4 heteroatoms. The van der Waals surface area contributed by atoms with E-state index in [9.17, 15) is 0 Å². The number of ether oxygens (including phenoxy) is 1. The molecule has 0 radical (unpaired) electrons. The van der Waals surface area contributed by atoms with Gasteiger partial charge in [0.2, 0.25) is 0 Å². The fourth-order valence-electron chi connectivity index (χ4n) is 1.82. The molecule has 0 saturated heterocycles. The largest absolute Gasteiger partial charge is 0.496 e. The minimum Gasteiger partial charge on any atom is -0.496 e. The number of nitrogens with zero attached hydrogens (tertiary/aromatic N) is 1. The van der Waals surface area contributed by atoms with Crippen LogP contribution in [0.5, 0.6) is 5.75 Å². The van der Waals surface area contributed by atoms with Crippen molar-refractivity contribution in [3.8, 4) is 5.75 Å². The Balaban J connectivity index is 2.41. The van der Waals surface area contributed by atoms with Gasteiger partial charge in [-0.3, -0.25) is 0 Å². The van der Waals surface area contributed by atoms with Crippen LogP contribution in [-0.4, -0.2) is 19.1 Å². The molecule has 0 amide bonds. The first kappa shape index (κ1) is 12.1. The molecule has 90 valence electrons. The Morgan fingerprint density at radius 3 is 2.71 bits per heavy atom. The summed E-state index contributed by atoms with van der Waals surface area (Å²) in [5.41, 5.74) is 2.17. The zero-order chi connectivity index (χ0) is 12.3. The number of rotatable bonds is 4. The molecule has 0 fully saturated rings. The van der Waals surface area contributed by atoms with E-state index in [1.54, 1.807) is 18.4 Å². The molecule has 1 aromatic carbocycles. The maximum atomic E-state index is 5.39. The second-order valence-electron chi connectivity index (χ2n) is 3.79. The number of hydrogen-bond acceptors (Lipinski definition) is 4. The summed E-state index contributed by atoms with van der Waals surface area (Å²) in [6.07, 6.45) is 0. The van der Waals surface area contributed by atoms with Gasteiger partial charge >= 0.3 is 0 Å². The van der Waals surface area contributed by atoms with Gasteiger partial charge in [-0.15, -0.1) is 11.3 Å². The van der Waals surface area contributed by atoms with Crippen molar-refractivity contribution >= 4 is 11.3 Å². The quantitative estimate of drug-likeness (QED) is 0.903. The Labute approximate surface area is 105 Å². The SMILES string of the molecule is CNC(c1nc(C)cs1)c1ccccc1OC. The third kappa shape index (κ3) is 2.48. The van der Waals surface area contributed by atoms with Gasteiger partial charge in [0.1, 0.15) is 10.8 Å². The lowest BCUT2D eigenvalue weighted by Gasteiger charge is -2.17. The van der Waals surface area contributed by atoms with Gasteiger partial charge in [0, 0.05) is 16.6 Å². The smallest absolute Gasteiger partial charge is 0.124 e. The van der Waals surface area contributed by atoms with Crippen LogP contribution in [0.25, 0.3) is 0 Å². The number of aromatic nitrogens is 1. The third-order valence-corrected chi connectivity index (χ3v) is 3.65. The van der Waals surface area contributed by atoms with E-state index in [4.69, 9.17) is 4.74 Å². The Morgan fingerprint density at radius 2 is 2.12 bits per heavy atom. The molecule has 0 aliphatic carbocycles. The Bertz CT molecular complexity index is 496. The summed E-state index contributed by atoms with van der Waals surface area (Å²) < 4.78 is 5.39. The second-order valence-corrected chi connectivity index (χ2v) is 4.68. The first-order valence-electron chi connectivity index (χ1n) is 5.48. The van der Waals surface area contributed by atoms with Crippen molar-refractivity contribution in [2.45, 2.75) is 13.0 Å². The summed E-state index contributed by atoms with van der Waals surface area (Å²) in [5.74, 6) is 0.889. The maximum Gasteiger partial charge on any atom is 0.124 e. The third-order valence-electron chi connectivity index (χ3n) is 2.62. The van der Waals surface area contributed by atoms with Crippen molar-refractivity contribution < 1.29 is 4.74 Å². The van der Waals surface area contributed by atoms with Crippen molar-refractivity contribution in [1.82, 2.24) is 10.3 Å². The van der Waals surface area contributed by atoms with Crippen molar-refractivity contribution in [2.75, 3.05) is 14.2 Å². The van der Waals surface area contributed by atoms with Crippen LogP contribution < -0.4 is 10.1 Å². The van der Waals surface area contributed by atoms with Crippen molar-refractivity contribution in [3.05, 3.63) is 45.9 Å². The summed E-state index contributed by atoms with van der Waals surface area (Å²) in [6, 6.07) is 8.12. The van der Waals surface area contributed by atoms with E-state index < -0.39 is 0 Å². The van der Waals surface area contributed by atoms with Crippen LogP contribution in [0.2, 0.25) is 0 Å².